The lowest BCUT2D eigenvalue weighted by atomic mass is 9.87. The first-order valence-electron chi connectivity index (χ1n) is 13.6. The molecule has 2 amide bonds. The fraction of sp³-hybridized carbons (Fsp3) is 0.433. The van der Waals surface area contributed by atoms with Gasteiger partial charge in [-0.25, -0.2) is 19.2 Å². The van der Waals surface area contributed by atoms with Crippen molar-refractivity contribution in [1.29, 1.82) is 0 Å². The van der Waals surface area contributed by atoms with Crippen molar-refractivity contribution in [3.63, 3.8) is 0 Å². The summed E-state index contributed by atoms with van der Waals surface area (Å²) < 4.78 is 20.7. The minimum Gasteiger partial charge on any atom is -0.483 e. The van der Waals surface area contributed by atoms with E-state index in [4.69, 9.17) is 10.5 Å². The Morgan fingerprint density at radius 2 is 1.77 bits per heavy atom. The van der Waals surface area contributed by atoms with Gasteiger partial charge in [0.15, 0.2) is 11.6 Å². The van der Waals surface area contributed by atoms with Crippen molar-refractivity contribution >= 4 is 23.4 Å². The van der Waals surface area contributed by atoms with Crippen LogP contribution in [0.1, 0.15) is 57.0 Å². The molecule has 0 aliphatic carbocycles. The molecule has 0 spiro atoms. The molecule has 3 N–H and O–H groups in total. The van der Waals surface area contributed by atoms with Crippen molar-refractivity contribution in [2.75, 3.05) is 42.1 Å². The maximum absolute atomic E-state index is 14.5. The van der Waals surface area contributed by atoms with Crippen molar-refractivity contribution in [3.05, 3.63) is 70.8 Å². The van der Waals surface area contributed by atoms with E-state index in [2.05, 4.69) is 47.9 Å². The molecule has 0 radical (unpaired) electrons. The molecule has 0 saturated carbocycles. The zero-order valence-corrected chi connectivity index (χ0v) is 23.6. The van der Waals surface area contributed by atoms with Crippen molar-refractivity contribution in [1.82, 2.24) is 14.9 Å². The largest absolute Gasteiger partial charge is 0.483 e. The highest BCUT2D eigenvalue weighted by molar-refractivity contribution is 5.89. The molecule has 1 fully saturated rings. The van der Waals surface area contributed by atoms with Crippen LogP contribution >= 0.6 is 0 Å². The van der Waals surface area contributed by atoms with Crippen molar-refractivity contribution < 1.29 is 13.9 Å². The van der Waals surface area contributed by atoms with Crippen LogP contribution in [0, 0.1) is 5.82 Å². The third kappa shape index (κ3) is 6.58. The Labute approximate surface area is 230 Å². The lowest BCUT2D eigenvalue weighted by Gasteiger charge is -2.36. The average molecular weight is 535 g/mol. The van der Waals surface area contributed by atoms with Gasteiger partial charge in [0.05, 0.1) is 11.4 Å². The molecule has 0 unspecified atom stereocenters. The molecule has 1 aliphatic heterocycles. The Kier molecular flexibility index (Phi) is 8.57. The van der Waals surface area contributed by atoms with Crippen LogP contribution in [0.2, 0.25) is 0 Å². The number of halogens is 1. The van der Waals surface area contributed by atoms with Gasteiger partial charge in [0.25, 0.3) is 0 Å². The van der Waals surface area contributed by atoms with Gasteiger partial charge in [-0.2, -0.15) is 0 Å². The van der Waals surface area contributed by atoms with Crippen LogP contribution in [0.4, 0.5) is 26.5 Å². The zero-order chi connectivity index (χ0) is 28.2. The van der Waals surface area contributed by atoms with Crippen LogP contribution in [-0.4, -0.2) is 47.1 Å². The number of ether oxygens (including phenoxy) is 1. The van der Waals surface area contributed by atoms with Gasteiger partial charge in [0.1, 0.15) is 18.2 Å². The summed E-state index contributed by atoms with van der Waals surface area (Å²) in [6.07, 6.45) is 3.41. The fourth-order valence-corrected chi connectivity index (χ4v) is 4.61. The number of pyridine rings is 2. The number of nitrogens with two attached hydrogens (primary N) is 1. The highest BCUT2D eigenvalue weighted by Gasteiger charge is 2.26. The summed E-state index contributed by atoms with van der Waals surface area (Å²) in [5.74, 6) is 1.55. The minimum absolute atomic E-state index is 0.153. The maximum atomic E-state index is 14.5. The average Bonchev–Trinajstić information content (AvgIpc) is 2.92. The molecule has 0 atom stereocenters. The lowest BCUT2D eigenvalue weighted by Crippen LogP contribution is -2.50. The van der Waals surface area contributed by atoms with E-state index in [0.717, 1.165) is 46.8 Å². The number of aromatic nitrogens is 2. The van der Waals surface area contributed by atoms with Gasteiger partial charge in [0.2, 0.25) is 0 Å². The van der Waals surface area contributed by atoms with Crippen LogP contribution in [0.15, 0.2) is 42.6 Å². The molecule has 9 heteroatoms. The quantitative estimate of drug-likeness (QED) is 0.412. The standard InChI is InChI=1S/C30H39FN6O2/c1-6-20-12-13-33-28(26(20)39-19-23-10-8-21(7-2)27(32)34-23)36-14-16-37(17-15-36)29(38)35-25-18-22(30(3,4)5)9-11-24(25)31/h8-13,18H,6-7,14-17,19H2,1-5H3,(H2,32,34)(H,35,38). The summed E-state index contributed by atoms with van der Waals surface area (Å²) in [6.45, 7) is 12.7. The Bertz CT molecular complexity index is 1320. The summed E-state index contributed by atoms with van der Waals surface area (Å²) in [7, 11) is 0. The number of nitrogens with zero attached hydrogens (tertiary/aromatic N) is 4. The predicted molar refractivity (Wildman–Crippen MR) is 154 cm³/mol. The molecule has 3 aromatic rings. The summed E-state index contributed by atoms with van der Waals surface area (Å²) in [5, 5.41) is 2.76. The van der Waals surface area contributed by atoms with E-state index in [0.29, 0.717) is 32.0 Å². The number of anilines is 3. The second-order valence-corrected chi connectivity index (χ2v) is 10.8. The van der Waals surface area contributed by atoms with Crippen molar-refractivity contribution in [3.8, 4) is 5.75 Å². The van der Waals surface area contributed by atoms with Gasteiger partial charge in [0, 0.05) is 32.4 Å². The topological polar surface area (TPSA) is 96.6 Å². The maximum Gasteiger partial charge on any atom is 0.322 e. The first kappa shape index (κ1) is 28.1. The van der Waals surface area contributed by atoms with E-state index in [1.54, 1.807) is 23.2 Å². The molecular formula is C30H39FN6O2. The first-order chi connectivity index (χ1) is 18.6. The van der Waals surface area contributed by atoms with Crippen molar-refractivity contribution in [2.24, 2.45) is 0 Å². The number of benzene rings is 1. The second kappa shape index (κ2) is 11.9. The predicted octanol–water partition coefficient (Wildman–Crippen LogP) is 5.55. The van der Waals surface area contributed by atoms with Gasteiger partial charge in [-0.15, -0.1) is 0 Å². The molecule has 4 rings (SSSR count). The summed E-state index contributed by atoms with van der Waals surface area (Å²) >= 11 is 0. The van der Waals surface area contributed by atoms with E-state index in [1.807, 2.05) is 25.1 Å². The Morgan fingerprint density at radius 3 is 2.41 bits per heavy atom. The van der Waals surface area contributed by atoms with Crippen LogP contribution in [0.3, 0.4) is 0 Å². The number of piperazine rings is 1. The van der Waals surface area contributed by atoms with E-state index >= 15 is 0 Å². The zero-order valence-electron chi connectivity index (χ0n) is 23.6. The van der Waals surface area contributed by atoms with E-state index in [-0.39, 0.29) is 23.7 Å². The van der Waals surface area contributed by atoms with Gasteiger partial charge in [-0.05, 0) is 59.2 Å². The first-order valence-corrected chi connectivity index (χ1v) is 13.6. The number of carbonyl (C=O) groups excluding carboxylic acids is 1. The van der Waals surface area contributed by atoms with E-state index < -0.39 is 5.82 Å². The van der Waals surface area contributed by atoms with Crippen LogP contribution in [0.5, 0.6) is 5.75 Å². The summed E-state index contributed by atoms with van der Waals surface area (Å²) in [4.78, 5) is 25.9. The van der Waals surface area contributed by atoms with E-state index in [1.165, 1.54) is 6.07 Å². The van der Waals surface area contributed by atoms with Crippen LogP contribution < -0.4 is 20.7 Å². The molecule has 2 aromatic heterocycles. The molecule has 8 nitrogen and oxygen atoms in total. The number of hydrogen-bond donors (Lipinski definition) is 2. The van der Waals surface area contributed by atoms with Crippen molar-refractivity contribution in [2.45, 2.75) is 59.5 Å². The molecule has 39 heavy (non-hydrogen) atoms. The number of aryl methyl sites for hydroxylation is 2. The molecule has 1 aromatic carbocycles. The summed E-state index contributed by atoms with van der Waals surface area (Å²) in [5.41, 5.74) is 9.90. The number of nitrogen functional groups attached to an aromatic ring is 1. The minimum atomic E-state index is -0.446. The number of nitrogens with one attached hydrogen (secondary N) is 1. The van der Waals surface area contributed by atoms with E-state index in [9.17, 15) is 9.18 Å². The monoisotopic (exact) mass is 534 g/mol. The SMILES string of the molecule is CCc1ccc(COc2c(CC)ccnc2N2CCN(C(=O)Nc3cc(C(C)(C)C)ccc3F)CC2)nc1N. The smallest absolute Gasteiger partial charge is 0.322 e. The third-order valence-corrected chi connectivity index (χ3v) is 7.10. The van der Waals surface area contributed by atoms with Gasteiger partial charge in [-0.1, -0.05) is 46.8 Å². The molecule has 1 aliphatic rings. The normalized spacial score (nSPS) is 13.9. The highest BCUT2D eigenvalue weighted by Crippen LogP contribution is 2.32. The number of rotatable bonds is 7. The Morgan fingerprint density at radius 1 is 1.05 bits per heavy atom. The molecule has 208 valence electrons. The van der Waals surface area contributed by atoms with Gasteiger partial charge in [-0.3, -0.25) is 0 Å². The lowest BCUT2D eigenvalue weighted by molar-refractivity contribution is 0.207. The summed E-state index contributed by atoms with van der Waals surface area (Å²) in [6, 6.07) is 10.5. The van der Waals surface area contributed by atoms with Gasteiger partial charge < -0.3 is 25.6 Å². The molecular weight excluding hydrogens is 495 g/mol. The van der Waals surface area contributed by atoms with Crippen LogP contribution in [0.25, 0.3) is 0 Å². The third-order valence-electron chi connectivity index (χ3n) is 7.10. The number of amides is 2. The Hall–Kier alpha value is -3.88. The Balaban J connectivity index is 1.43. The number of carbonyl (C=O) groups is 1. The van der Waals surface area contributed by atoms with Crippen LogP contribution in [-0.2, 0) is 24.9 Å². The molecule has 3 heterocycles. The van der Waals surface area contributed by atoms with Gasteiger partial charge >= 0.3 is 6.03 Å². The molecule has 0 bridgehead atoms. The second-order valence-electron chi connectivity index (χ2n) is 10.8. The number of hydrogen-bond acceptors (Lipinski definition) is 6. The highest BCUT2D eigenvalue weighted by atomic mass is 19.1. The molecule has 1 saturated heterocycles. The number of urea groups is 1. The fourth-order valence-electron chi connectivity index (χ4n) is 4.61.